The largest absolute Gasteiger partial charge is 0.374 e. The number of aromatic nitrogens is 2. The van der Waals surface area contributed by atoms with E-state index < -0.39 is 0 Å². The van der Waals surface area contributed by atoms with Crippen LogP contribution in [0.15, 0.2) is 28.8 Å². The Hall–Kier alpha value is -2.37. The number of carbonyl (C=O) groups excluding carboxylic acids is 1. The van der Waals surface area contributed by atoms with Crippen molar-refractivity contribution in [3.05, 3.63) is 41.5 Å². The monoisotopic (exact) mass is 288 g/mol. The lowest BCUT2D eigenvalue weighted by Gasteiger charge is -2.13. The molecule has 1 aromatic carbocycles. The van der Waals surface area contributed by atoms with Gasteiger partial charge in [0.25, 0.3) is 0 Å². The average Bonchev–Trinajstić information content (AvgIpc) is 2.87. The van der Waals surface area contributed by atoms with Gasteiger partial charge in [-0.15, -0.1) is 0 Å². The molecular weight excluding hydrogens is 268 g/mol. The van der Waals surface area contributed by atoms with Gasteiger partial charge in [0.15, 0.2) is 5.82 Å². The van der Waals surface area contributed by atoms with Crippen molar-refractivity contribution in [3.63, 3.8) is 0 Å². The van der Waals surface area contributed by atoms with Gasteiger partial charge in [0.05, 0.1) is 6.42 Å². The molecular formula is C15H20N4O2. The molecule has 0 saturated heterocycles. The Morgan fingerprint density at radius 3 is 2.52 bits per heavy atom. The summed E-state index contributed by atoms with van der Waals surface area (Å²) in [5.41, 5.74) is 1.93. The number of hydrogen-bond acceptors (Lipinski definition) is 5. The molecule has 1 heterocycles. The minimum atomic E-state index is -0.0690. The van der Waals surface area contributed by atoms with Crippen molar-refractivity contribution in [3.8, 4) is 0 Å². The van der Waals surface area contributed by atoms with Crippen LogP contribution in [-0.4, -0.2) is 35.0 Å². The van der Waals surface area contributed by atoms with Crippen molar-refractivity contribution in [2.45, 2.75) is 26.3 Å². The van der Waals surface area contributed by atoms with Gasteiger partial charge in [-0.3, -0.25) is 4.79 Å². The van der Waals surface area contributed by atoms with E-state index in [1.54, 1.807) is 25.9 Å². The molecule has 6 nitrogen and oxygen atoms in total. The number of anilines is 1. The first-order valence-electron chi connectivity index (χ1n) is 6.81. The molecule has 1 aromatic heterocycles. The minimum Gasteiger partial charge on any atom is -0.374 e. The summed E-state index contributed by atoms with van der Waals surface area (Å²) >= 11 is 0. The standard InChI is InChI=1S/C15H20N4O2/c1-10(15-17-11(2)18-21-15)16-13-7-5-12(6-8-13)9-14(20)19(3)4/h5-8,10,16H,9H2,1-4H3/t10-/m1/s1. The van der Waals surface area contributed by atoms with Gasteiger partial charge in [-0.1, -0.05) is 17.3 Å². The SMILES string of the molecule is Cc1noc([C@@H](C)Nc2ccc(CC(=O)N(C)C)cc2)n1. The van der Waals surface area contributed by atoms with Gasteiger partial charge in [-0.05, 0) is 31.5 Å². The van der Waals surface area contributed by atoms with Gasteiger partial charge < -0.3 is 14.7 Å². The molecule has 0 spiro atoms. The van der Waals surface area contributed by atoms with Gasteiger partial charge in [0.2, 0.25) is 11.8 Å². The van der Waals surface area contributed by atoms with Crippen LogP contribution in [0.1, 0.15) is 30.2 Å². The Labute approximate surface area is 124 Å². The zero-order valence-electron chi connectivity index (χ0n) is 12.8. The second-order valence-electron chi connectivity index (χ2n) is 5.21. The number of carbonyl (C=O) groups is 1. The molecule has 0 aliphatic heterocycles. The predicted octanol–water partition coefficient (Wildman–Crippen LogP) is 2.18. The number of likely N-dealkylation sites (N-methyl/N-ethyl adjacent to an activating group) is 1. The van der Waals surface area contributed by atoms with E-state index in [1.165, 1.54) is 0 Å². The van der Waals surface area contributed by atoms with E-state index in [0.717, 1.165) is 11.3 Å². The topological polar surface area (TPSA) is 71.3 Å². The highest BCUT2D eigenvalue weighted by Crippen LogP contribution is 2.18. The maximum atomic E-state index is 11.6. The van der Waals surface area contributed by atoms with Crippen molar-refractivity contribution < 1.29 is 9.32 Å². The third-order valence-corrected chi connectivity index (χ3v) is 3.10. The fraction of sp³-hybridized carbons (Fsp3) is 0.400. The molecule has 0 unspecified atom stereocenters. The number of hydrogen-bond donors (Lipinski definition) is 1. The Bertz CT molecular complexity index is 604. The highest BCUT2D eigenvalue weighted by molar-refractivity contribution is 5.78. The van der Waals surface area contributed by atoms with Crippen molar-refractivity contribution in [1.82, 2.24) is 15.0 Å². The normalized spacial score (nSPS) is 12.0. The van der Waals surface area contributed by atoms with Gasteiger partial charge in [0, 0.05) is 19.8 Å². The number of benzene rings is 1. The first kappa shape index (κ1) is 15.0. The summed E-state index contributed by atoms with van der Waals surface area (Å²) in [4.78, 5) is 17.4. The highest BCUT2D eigenvalue weighted by atomic mass is 16.5. The van der Waals surface area contributed by atoms with Crippen LogP contribution in [0, 0.1) is 6.92 Å². The van der Waals surface area contributed by atoms with Crippen LogP contribution < -0.4 is 5.32 Å². The summed E-state index contributed by atoms with van der Waals surface area (Å²) < 4.78 is 5.13. The van der Waals surface area contributed by atoms with Crippen molar-refractivity contribution in [1.29, 1.82) is 0 Å². The van der Waals surface area contributed by atoms with Crippen LogP contribution in [0.4, 0.5) is 5.69 Å². The number of nitrogens with zero attached hydrogens (tertiary/aromatic N) is 3. The first-order chi connectivity index (χ1) is 9.95. The molecule has 1 atom stereocenters. The Morgan fingerprint density at radius 2 is 2.00 bits per heavy atom. The lowest BCUT2D eigenvalue weighted by atomic mass is 10.1. The lowest BCUT2D eigenvalue weighted by molar-refractivity contribution is -0.127. The van der Waals surface area contributed by atoms with E-state index in [2.05, 4.69) is 15.5 Å². The predicted molar refractivity (Wildman–Crippen MR) is 79.9 cm³/mol. The quantitative estimate of drug-likeness (QED) is 0.913. The summed E-state index contributed by atoms with van der Waals surface area (Å²) in [6.07, 6.45) is 0.408. The summed E-state index contributed by atoms with van der Waals surface area (Å²) in [5, 5.41) is 7.06. The van der Waals surface area contributed by atoms with Crippen molar-refractivity contribution >= 4 is 11.6 Å². The van der Waals surface area contributed by atoms with Crippen LogP contribution in [0.2, 0.25) is 0 Å². The molecule has 21 heavy (non-hydrogen) atoms. The number of amides is 1. The van der Waals surface area contributed by atoms with Gasteiger partial charge in [-0.25, -0.2) is 0 Å². The Morgan fingerprint density at radius 1 is 1.33 bits per heavy atom. The summed E-state index contributed by atoms with van der Waals surface area (Å²) in [7, 11) is 3.51. The molecule has 0 aliphatic rings. The second kappa shape index (κ2) is 6.39. The number of nitrogens with one attached hydrogen (secondary N) is 1. The van der Waals surface area contributed by atoms with Crippen LogP contribution in [0.3, 0.4) is 0 Å². The maximum Gasteiger partial charge on any atom is 0.248 e. The van der Waals surface area contributed by atoms with Crippen LogP contribution in [0.5, 0.6) is 0 Å². The van der Waals surface area contributed by atoms with E-state index in [1.807, 2.05) is 31.2 Å². The number of rotatable bonds is 5. The molecule has 0 fully saturated rings. The molecule has 0 aliphatic carbocycles. The Balaban J connectivity index is 1.97. The summed E-state index contributed by atoms with van der Waals surface area (Å²) in [5.74, 6) is 1.26. The molecule has 0 bridgehead atoms. The van der Waals surface area contributed by atoms with E-state index in [-0.39, 0.29) is 11.9 Å². The van der Waals surface area contributed by atoms with Crippen molar-refractivity contribution in [2.24, 2.45) is 0 Å². The molecule has 6 heteroatoms. The lowest BCUT2D eigenvalue weighted by Crippen LogP contribution is -2.23. The highest BCUT2D eigenvalue weighted by Gasteiger charge is 2.12. The van der Waals surface area contributed by atoms with Crippen LogP contribution in [0.25, 0.3) is 0 Å². The van der Waals surface area contributed by atoms with Crippen LogP contribution in [-0.2, 0) is 11.2 Å². The van der Waals surface area contributed by atoms with E-state index in [0.29, 0.717) is 18.1 Å². The van der Waals surface area contributed by atoms with E-state index >= 15 is 0 Å². The van der Waals surface area contributed by atoms with Crippen LogP contribution >= 0.6 is 0 Å². The third kappa shape index (κ3) is 4.05. The summed E-state index contributed by atoms with van der Waals surface area (Å²) in [6.45, 7) is 3.74. The smallest absolute Gasteiger partial charge is 0.248 e. The van der Waals surface area contributed by atoms with E-state index in [9.17, 15) is 4.79 Å². The third-order valence-electron chi connectivity index (χ3n) is 3.10. The molecule has 2 rings (SSSR count). The average molecular weight is 288 g/mol. The fourth-order valence-corrected chi connectivity index (χ4v) is 1.85. The molecule has 112 valence electrons. The molecule has 0 radical (unpaired) electrons. The first-order valence-corrected chi connectivity index (χ1v) is 6.81. The zero-order chi connectivity index (χ0) is 15.4. The second-order valence-corrected chi connectivity index (χ2v) is 5.21. The summed E-state index contributed by atoms with van der Waals surface area (Å²) in [6, 6.07) is 7.70. The fourth-order valence-electron chi connectivity index (χ4n) is 1.85. The minimum absolute atomic E-state index is 0.0690. The van der Waals surface area contributed by atoms with Gasteiger partial charge in [0.1, 0.15) is 6.04 Å². The van der Waals surface area contributed by atoms with Gasteiger partial charge >= 0.3 is 0 Å². The van der Waals surface area contributed by atoms with Crippen molar-refractivity contribution in [2.75, 3.05) is 19.4 Å². The van der Waals surface area contributed by atoms with Gasteiger partial charge in [-0.2, -0.15) is 4.98 Å². The molecule has 0 saturated carbocycles. The zero-order valence-corrected chi connectivity index (χ0v) is 12.8. The van der Waals surface area contributed by atoms with E-state index in [4.69, 9.17) is 4.52 Å². The molecule has 1 amide bonds. The molecule has 1 N–H and O–H groups in total. The Kier molecular flexibility index (Phi) is 4.57. The number of aryl methyl sites for hydroxylation is 1. The maximum absolute atomic E-state index is 11.6. The molecule has 2 aromatic rings.